The summed E-state index contributed by atoms with van der Waals surface area (Å²) in [5.74, 6) is -0.0489. The number of benzene rings is 2. The van der Waals surface area contributed by atoms with Gasteiger partial charge in [0.05, 0.1) is 0 Å². The number of carboxylic acid groups (broad SMARTS) is 1. The fourth-order valence-electron chi connectivity index (χ4n) is 2.93. The SMILES string of the molecule is CCC1(C)c2ccccc2OC(C(=O)O)Oc2ccccc21. The third kappa shape index (κ3) is 2.21. The maximum absolute atomic E-state index is 11.4. The lowest BCUT2D eigenvalue weighted by Gasteiger charge is -2.36. The van der Waals surface area contributed by atoms with Gasteiger partial charge in [0.1, 0.15) is 11.5 Å². The van der Waals surface area contributed by atoms with E-state index in [4.69, 9.17) is 9.47 Å². The van der Waals surface area contributed by atoms with E-state index in [1.54, 1.807) is 12.1 Å². The molecular weight excluding hydrogens is 280 g/mol. The van der Waals surface area contributed by atoms with E-state index < -0.39 is 12.3 Å². The van der Waals surface area contributed by atoms with Crippen LogP contribution in [0.2, 0.25) is 0 Å². The van der Waals surface area contributed by atoms with Crippen LogP contribution in [-0.4, -0.2) is 17.4 Å². The highest BCUT2D eigenvalue weighted by Crippen LogP contribution is 2.45. The maximum Gasteiger partial charge on any atom is 0.387 e. The molecule has 1 heterocycles. The average molecular weight is 298 g/mol. The first kappa shape index (κ1) is 14.4. The zero-order chi connectivity index (χ0) is 15.7. The van der Waals surface area contributed by atoms with E-state index in [-0.39, 0.29) is 5.41 Å². The smallest absolute Gasteiger partial charge is 0.387 e. The molecule has 0 atom stereocenters. The van der Waals surface area contributed by atoms with Crippen molar-refractivity contribution in [2.45, 2.75) is 32.0 Å². The first-order valence-corrected chi connectivity index (χ1v) is 7.31. The van der Waals surface area contributed by atoms with Crippen molar-refractivity contribution in [2.75, 3.05) is 0 Å². The molecule has 0 unspecified atom stereocenters. The molecule has 0 saturated heterocycles. The first-order valence-electron chi connectivity index (χ1n) is 7.31. The molecule has 0 aliphatic carbocycles. The fraction of sp³-hybridized carbons (Fsp3) is 0.278. The highest BCUT2D eigenvalue weighted by Gasteiger charge is 2.37. The molecule has 1 aliphatic rings. The summed E-state index contributed by atoms with van der Waals surface area (Å²) < 4.78 is 11.3. The van der Waals surface area contributed by atoms with Gasteiger partial charge in [-0.25, -0.2) is 4.79 Å². The Kier molecular flexibility index (Phi) is 3.53. The lowest BCUT2D eigenvalue weighted by molar-refractivity contribution is -0.159. The molecule has 0 radical (unpaired) electrons. The maximum atomic E-state index is 11.4. The zero-order valence-corrected chi connectivity index (χ0v) is 12.6. The van der Waals surface area contributed by atoms with Crippen molar-refractivity contribution in [2.24, 2.45) is 0 Å². The molecule has 114 valence electrons. The molecule has 0 fully saturated rings. The van der Waals surface area contributed by atoms with Crippen molar-refractivity contribution in [3.05, 3.63) is 59.7 Å². The molecule has 0 aromatic heterocycles. The lowest BCUT2D eigenvalue weighted by atomic mass is 9.73. The van der Waals surface area contributed by atoms with Crippen LogP contribution in [0.15, 0.2) is 48.5 Å². The predicted octanol–water partition coefficient (Wildman–Crippen LogP) is 3.58. The topological polar surface area (TPSA) is 55.8 Å². The second-order valence-electron chi connectivity index (χ2n) is 5.58. The van der Waals surface area contributed by atoms with E-state index in [9.17, 15) is 9.90 Å². The van der Waals surface area contributed by atoms with Crippen LogP contribution in [0.5, 0.6) is 11.5 Å². The lowest BCUT2D eigenvalue weighted by Crippen LogP contribution is -2.37. The van der Waals surface area contributed by atoms with Gasteiger partial charge in [0.25, 0.3) is 0 Å². The van der Waals surface area contributed by atoms with E-state index in [0.717, 1.165) is 17.5 Å². The minimum Gasteiger partial charge on any atom is -0.476 e. The van der Waals surface area contributed by atoms with E-state index in [2.05, 4.69) is 13.8 Å². The largest absolute Gasteiger partial charge is 0.476 e. The summed E-state index contributed by atoms with van der Waals surface area (Å²) >= 11 is 0. The molecular formula is C18H18O4. The Balaban J connectivity index is 2.27. The number of para-hydroxylation sites is 2. The molecule has 0 spiro atoms. The summed E-state index contributed by atoms with van der Waals surface area (Å²) in [6.45, 7) is 4.22. The number of ether oxygens (including phenoxy) is 2. The monoisotopic (exact) mass is 298 g/mol. The van der Waals surface area contributed by atoms with Gasteiger partial charge < -0.3 is 14.6 Å². The van der Waals surface area contributed by atoms with Gasteiger partial charge >= 0.3 is 12.3 Å². The molecule has 0 bridgehead atoms. The molecule has 1 aliphatic heterocycles. The number of aliphatic carboxylic acids is 1. The van der Waals surface area contributed by atoms with Gasteiger partial charge in [-0.1, -0.05) is 50.2 Å². The molecule has 0 saturated carbocycles. The molecule has 1 N–H and O–H groups in total. The van der Waals surface area contributed by atoms with E-state index in [1.165, 1.54) is 0 Å². The molecule has 4 heteroatoms. The van der Waals surface area contributed by atoms with Gasteiger partial charge in [-0.05, 0) is 18.6 Å². The Morgan fingerprint density at radius 3 is 1.91 bits per heavy atom. The minimum absolute atomic E-state index is 0.309. The first-order chi connectivity index (χ1) is 10.6. The third-order valence-corrected chi connectivity index (χ3v) is 4.34. The van der Waals surface area contributed by atoms with Gasteiger partial charge in [-0.15, -0.1) is 0 Å². The molecule has 0 amide bonds. The van der Waals surface area contributed by atoms with Crippen molar-refractivity contribution in [3.63, 3.8) is 0 Å². The van der Waals surface area contributed by atoms with Crippen molar-refractivity contribution in [1.29, 1.82) is 0 Å². The second kappa shape index (κ2) is 5.37. The molecule has 3 rings (SSSR count). The quantitative estimate of drug-likeness (QED) is 0.920. The third-order valence-electron chi connectivity index (χ3n) is 4.34. The Hall–Kier alpha value is -2.49. The highest BCUT2D eigenvalue weighted by atomic mass is 16.7. The number of carbonyl (C=O) groups is 1. The van der Waals surface area contributed by atoms with Crippen LogP contribution in [0.1, 0.15) is 31.4 Å². The van der Waals surface area contributed by atoms with Crippen LogP contribution >= 0.6 is 0 Å². The van der Waals surface area contributed by atoms with Gasteiger partial charge in [-0.2, -0.15) is 0 Å². The van der Waals surface area contributed by atoms with E-state index >= 15 is 0 Å². The van der Waals surface area contributed by atoms with E-state index in [1.807, 2.05) is 36.4 Å². The molecule has 22 heavy (non-hydrogen) atoms. The Morgan fingerprint density at radius 1 is 1.05 bits per heavy atom. The summed E-state index contributed by atoms with van der Waals surface area (Å²) in [6, 6.07) is 15.1. The highest BCUT2D eigenvalue weighted by molar-refractivity contribution is 5.72. The van der Waals surface area contributed by atoms with Crippen LogP contribution in [-0.2, 0) is 10.2 Å². The summed E-state index contributed by atoms with van der Waals surface area (Å²) in [7, 11) is 0. The van der Waals surface area contributed by atoms with Crippen LogP contribution in [0.3, 0.4) is 0 Å². The standard InChI is InChI=1S/C18H18O4/c1-3-18(2)12-8-4-6-10-14(12)21-17(16(19)20)22-15-11-7-5-9-13(15)18/h4-11,17H,3H2,1-2H3,(H,19,20). The van der Waals surface area contributed by atoms with Crippen molar-refractivity contribution in [3.8, 4) is 11.5 Å². The summed E-state index contributed by atoms with van der Waals surface area (Å²) in [4.78, 5) is 11.4. The number of carboxylic acids is 1. The van der Waals surface area contributed by atoms with Crippen LogP contribution < -0.4 is 9.47 Å². The van der Waals surface area contributed by atoms with Crippen LogP contribution in [0.4, 0.5) is 0 Å². The van der Waals surface area contributed by atoms with Crippen LogP contribution in [0.25, 0.3) is 0 Å². The Bertz CT molecular complexity index is 658. The van der Waals surface area contributed by atoms with Crippen LogP contribution in [0, 0.1) is 0 Å². The summed E-state index contributed by atoms with van der Waals surface area (Å²) in [5.41, 5.74) is 1.63. The zero-order valence-electron chi connectivity index (χ0n) is 12.6. The normalized spacial score (nSPS) is 23.1. The van der Waals surface area contributed by atoms with Gasteiger partial charge in [0, 0.05) is 16.5 Å². The number of hydrogen-bond donors (Lipinski definition) is 1. The fourth-order valence-corrected chi connectivity index (χ4v) is 2.93. The Morgan fingerprint density at radius 2 is 1.50 bits per heavy atom. The molecule has 4 nitrogen and oxygen atoms in total. The Labute approximate surface area is 129 Å². The summed E-state index contributed by atoms with van der Waals surface area (Å²) in [6.07, 6.45) is -0.519. The van der Waals surface area contributed by atoms with Gasteiger partial charge in [0.15, 0.2) is 0 Å². The average Bonchev–Trinajstić information content (AvgIpc) is 2.53. The predicted molar refractivity (Wildman–Crippen MR) is 82.3 cm³/mol. The van der Waals surface area contributed by atoms with Crippen molar-refractivity contribution in [1.82, 2.24) is 0 Å². The van der Waals surface area contributed by atoms with Gasteiger partial charge in [0.2, 0.25) is 0 Å². The number of rotatable bonds is 2. The second-order valence-corrected chi connectivity index (χ2v) is 5.58. The van der Waals surface area contributed by atoms with Crippen molar-refractivity contribution >= 4 is 5.97 Å². The molecule has 2 aromatic rings. The van der Waals surface area contributed by atoms with Crippen molar-refractivity contribution < 1.29 is 19.4 Å². The number of fused-ring (bicyclic) bond motifs is 2. The summed E-state index contributed by atoms with van der Waals surface area (Å²) in [5, 5.41) is 9.34. The number of hydrogen-bond acceptors (Lipinski definition) is 3. The minimum atomic E-state index is -1.36. The van der Waals surface area contributed by atoms with Gasteiger partial charge in [-0.3, -0.25) is 0 Å². The van der Waals surface area contributed by atoms with E-state index in [0.29, 0.717) is 11.5 Å². The molecule has 2 aromatic carbocycles.